The SMILES string of the molecule is O=C(c1ccc(OCCN2CCOCC2)cc1)c1cccc(C(F)(F)F)c1. The van der Waals surface area contributed by atoms with Gasteiger partial charge >= 0.3 is 6.18 Å². The van der Waals surface area contributed by atoms with E-state index in [2.05, 4.69) is 4.90 Å². The van der Waals surface area contributed by atoms with Gasteiger partial charge in [-0.25, -0.2) is 0 Å². The summed E-state index contributed by atoms with van der Waals surface area (Å²) in [6.07, 6.45) is -4.48. The number of hydrogen-bond acceptors (Lipinski definition) is 4. The molecule has 0 atom stereocenters. The van der Waals surface area contributed by atoms with E-state index in [1.807, 2.05) is 0 Å². The second kappa shape index (κ2) is 8.54. The van der Waals surface area contributed by atoms with Crippen molar-refractivity contribution in [3.8, 4) is 5.75 Å². The fourth-order valence-corrected chi connectivity index (χ4v) is 2.82. The van der Waals surface area contributed by atoms with Crippen molar-refractivity contribution < 1.29 is 27.4 Å². The van der Waals surface area contributed by atoms with Crippen LogP contribution in [0.2, 0.25) is 0 Å². The molecule has 0 radical (unpaired) electrons. The van der Waals surface area contributed by atoms with Crippen molar-refractivity contribution in [1.29, 1.82) is 0 Å². The number of halogens is 3. The third-order valence-corrected chi connectivity index (χ3v) is 4.35. The van der Waals surface area contributed by atoms with Crippen LogP contribution in [0.15, 0.2) is 48.5 Å². The standard InChI is InChI=1S/C20H20F3NO3/c21-20(22,23)17-3-1-2-16(14-17)19(25)15-4-6-18(7-5-15)27-13-10-24-8-11-26-12-9-24/h1-7,14H,8-13H2. The zero-order valence-electron chi connectivity index (χ0n) is 14.7. The van der Waals surface area contributed by atoms with Gasteiger partial charge in [-0.1, -0.05) is 12.1 Å². The number of carbonyl (C=O) groups excluding carboxylic acids is 1. The fourth-order valence-electron chi connectivity index (χ4n) is 2.82. The van der Waals surface area contributed by atoms with Crippen molar-refractivity contribution in [2.24, 2.45) is 0 Å². The molecule has 0 amide bonds. The summed E-state index contributed by atoms with van der Waals surface area (Å²) in [7, 11) is 0. The normalized spacial score (nSPS) is 15.5. The highest BCUT2D eigenvalue weighted by atomic mass is 19.4. The number of alkyl halides is 3. The van der Waals surface area contributed by atoms with Crippen molar-refractivity contribution in [1.82, 2.24) is 4.90 Å². The predicted molar refractivity (Wildman–Crippen MR) is 94.1 cm³/mol. The molecule has 3 rings (SSSR count). The van der Waals surface area contributed by atoms with Crippen molar-refractivity contribution in [3.05, 3.63) is 65.2 Å². The summed E-state index contributed by atoms with van der Waals surface area (Å²) < 4.78 is 49.4. The third kappa shape index (κ3) is 5.30. The van der Waals surface area contributed by atoms with Crippen molar-refractivity contribution in [2.75, 3.05) is 39.5 Å². The van der Waals surface area contributed by atoms with Gasteiger partial charge in [0.25, 0.3) is 0 Å². The van der Waals surface area contributed by atoms with E-state index in [1.165, 1.54) is 12.1 Å². The number of ether oxygens (including phenoxy) is 2. The average molecular weight is 379 g/mol. The molecule has 1 saturated heterocycles. The number of ketones is 1. The van der Waals surface area contributed by atoms with Gasteiger partial charge in [-0.2, -0.15) is 13.2 Å². The summed E-state index contributed by atoms with van der Waals surface area (Å²) in [4.78, 5) is 14.7. The Kier molecular flexibility index (Phi) is 6.13. The second-order valence-corrected chi connectivity index (χ2v) is 6.23. The van der Waals surface area contributed by atoms with Crippen LogP contribution in [-0.2, 0) is 10.9 Å². The summed E-state index contributed by atoms with van der Waals surface area (Å²) in [6.45, 7) is 4.52. The maximum Gasteiger partial charge on any atom is 0.416 e. The first-order chi connectivity index (χ1) is 12.9. The zero-order valence-corrected chi connectivity index (χ0v) is 14.7. The quantitative estimate of drug-likeness (QED) is 0.719. The van der Waals surface area contributed by atoms with E-state index in [0.29, 0.717) is 17.9 Å². The number of nitrogens with zero attached hydrogens (tertiary/aromatic N) is 1. The monoisotopic (exact) mass is 379 g/mol. The molecule has 0 aliphatic carbocycles. The molecule has 0 N–H and O–H groups in total. The van der Waals surface area contributed by atoms with Crippen LogP contribution in [-0.4, -0.2) is 50.1 Å². The molecular formula is C20H20F3NO3. The molecule has 0 unspecified atom stereocenters. The highest BCUT2D eigenvalue weighted by Crippen LogP contribution is 2.30. The van der Waals surface area contributed by atoms with Gasteiger partial charge in [0.1, 0.15) is 12.4 Å². The van der Waals surface area contributed by atoms with Gasteiger partial charge in [0.15, 0.2) is 5.78 Å². The first-order valence-corrected chi connectivity index (χ1v) is 8.68. The number of benzene rings is 2. The van der Waals surface area contributed by atoms with Crippen LogP contribution in [0.3, 0.4) is 0 Å². The van der Waals surface area contributed by atoms with Gasteiger partial charge in [0, 0.05) is 30.8 Å². The summed E-state index contributed by atoms with van der Waals surface area (Å²) >= 11 is 0. The molecule has 0 saturated carbocycles. The Morgan fingerprint density at radius 1 is 1.04 bits per heavy atom. The first-order valence-electron chi connectivity index (χ1n) is 8.68. The van der Waals surface area contributed by atoms with Gasteiger partial charge in [0.05, 0.1) is 18.8 Å². The molecule has 4 nitrogen and oxygen atoms in total. The van der Waals surface area contributed by atoms with E-state index in [4.69, 9.17) is 9.47 Å². The van der Waals surface area contributed by atoms with Gasteiger partial charge in [-0.15, -0.1) is 0 Å². The lowest BCUT2D eigenvalue weighted by Crippen LogP contribution is -2.38. The van der Waals surface area contributed by atoms with Crippen molar-refractivity contribution in [3.63, 3.8) is 0 Å². The van der Waals surface area contributed by atoms with E-state index in [-0.39, 0.29) is 5.56 Å². The van der Waals surface area contributed by atoms with Gasteiger partial charge in [-0.05, 0) is 36.4 Å². The lowest BCUT2D eigenvalue weighted by Gasteiger charge is -2.26. The van der Waals surface area contributed by atoms with Crippen LogP contribution in [0.5, 0.6) is 5.75 Å². The Hall–Kier alpha value is -2.38. The number of hydrogen-bond donors (Lipinski definition) is 0. The van der Waals surface area contributed by atoms with Crippen LogP contribution in [0.4, 0.5) is 13.2 Å². The fraction of sp³-hybridized carbons (Fsp3) is 0.350. The molecule has 1 aliphatic rings. The lowest BCUT2D eigenvalue weighted by atomic mass is 10.0. The molecular weight excluding hydrogens is 359 g/mol. The van der Waals surface area contributed by atoms with Crippen molar-refractivity contribution in [2.45, 2.75) is 6.18 Å². The number of rotatable bonds is 6. The zero-order chi connectivity index (χ0) is 19.3. The molecule has 1 heterocycles. The Bertz CT molecular complexity index is 769. The minimum atomic E-state index is -4.48. The molecule has 0 spiro atoms. The number of carbonyl (C=O) groups is 1. The number of morpholine rings is 1. The van der Waals surface area contributed by atoms with Gasteiger partial charge in [0.2, 0.25) is 0 Å². The Labute approximate surface area is 155 Å². The lowest BCUT2D eigenvalue weighted by molar-refractivity contribution is -0.137. The maximum atomic E-state index is 12.8. The van der Waals surface area contributed by atoms with Crippen LogP contribution >= 0.6 is 0 Å². The van der Waals surface area contributed by atoms with E-state index < -0.39 is 17.5 Å². The molecule has 0 bridgehead atoms. The molecule has 2 aromatic carbocycles. The van der Waals surface area contributed by atoms with Crippen molar-refractivity contribution >= 4 is 5.78 Å². The summed E-state index contributed by atoms with van der Waals surface area (Å²) in [6, 6.07) is 10.9. The Morgan fingerprint density at radius 3 is 2.41 bits per heavy atom. The van der Waals surface area contributed by atoms with Crippen LogP contribution in [0.25, 0.3) is 0 Å². The van der Waals surface area contributed by atoms with Crippen LogP contribution in [0, 0.1) is 0 Å². The molecule has 1 aliphatic heterocycles. The van der Waals surface area contributed by atoms with E-state index in [9.17, 15) is 18.0 Å². The van der Waals surface area contributed by atoms with Gasteiger partial charge < -0.3 is 9.47 Å². The molecule has 144 valence electrons. The second-order valence-electron chi connectivity index (χ2n) is 6.23. The third-order valence-electron chi connectivity index (χ3n) is 4.35. The van der Waals surface area contributed by atoms with E-state index in [0.717, 1.165) is 45.0 Å². The van der Waals surface area contributed by atoms with Gasteiger partial charge in [-0.3, -0.25) is 9.69 Å². The molecule has 0 aromatic heterocycles. The minimum absolute atomic E-state index is 0.00538. The van der Waals surface area contributed by atoms with E-state index >= 15 is 0 Å². The molecule has 2 aromatic rings. The van der Waals surface area contributed by atoms with Crippen LogP contribution < -0.4 is 4.74 Å². The highest BCUT2D eigenvalue weighted by Gasteiger charge is 2.30. The summed E-state index contributed by atoms with van der Waals surface area (Å²) in [5, 5.41) is 0. The maximum absolute atomic E-state index is 12.8. The summed E-state index contributed by atoms with van der Waals surface area (Å²) in [5.41, 5.74) is -0.517. The van der Waals surface area contributed by atoms with Crippen LogP contribution in [0.1, 0.15) is 21.5 Å². The minimum Gasteiger partial charge on any atom is -0.492 e. The summed E-state index contributed by atoms with van der Waals surface area (Å²) in [5.74, 6) is 0.157. The highest BCUT2D eigenvalue weighted by molar-refractivity contribution is 6.09. The smallest absolute Gasteiger partial charge is 0.416 e. The average Bonchev–Trinajstić information content (AvgIpc) is 2.68. The van der Waals surface area contributed by atoms with E-state index in [1.54, 1.807) is 24.3 Å². The molecule has 27 heavy (non-hydrogen) atoms. The Morgan fingerprint density at radius 2 is 1.74 bits per heavy atom. The molecule has 7 heteroatoms. The first kappa shape index (κ1) is 19.4. The topological polar surface area (TPSA) is 38.8 Å². The predicted octanol–water partition coefficient (Wildman–Crippen LogP) is 3.65. The molecule has 1 fully saturated rings. The Balaban J connectivity index is 1.58. The largest absolute Gasteiger partial charge is 0.492 e.